The van der Waals surface area contributed by atoms with Gasteiger partial charge in [-0.3, -0.25) is 0 Å². The van der Waals surface area contributed by atoms with Crippen molar-refractivity contribution in [2.45, 2.75) is 20.8 Å². The Hall–Kier alpha value is -0.560. The Kier molecular flexibility index (Phi) is 43.4. The Bertz CT molecular complexity index is 216. The van der Waals surface area contributed by atoms with E-state index in [4.69, 9.17) is 34.0 Å². The van der Waals surface area contributed by atoms with Gasteiger partial charge in [0.05, 0.1) is 6.61 Å². The lowest BCUT2D eigenvalue weighted by Gasteiger charge is -1.93. The Balaban J connectivity index is -0.0000000742. The molecule has 18 heavy (non-hydrogen) atoms. The second-order valence-corrected chi connectivity index (χ2v) is 3.33. The molecule has 108 valence electrons. The molecule has 0 saturated carbocycles. The molecule has 0 rings (SSSR count). The maximum Gasteiger partial charge on any atom is 0.253 e. The zero-order chi connectivity index (χ0) is 15.4. The lowest BCUT2D eigenvalue weighted by Crippen LogP contribution is -2.11. The van der Waals surface area contributed by atoms with Crippen molar-refractivity contribution in [2.75, 3.05) is 6.61 Å². The number of hydrogen-bond donors (Lipinski definition) is 3. The molecule has 0 heterocycles. The second-order valence-electron chi connectivity index (χ2n) is 2.01. The normalized spacial score (nSPS) is 8.06. The van der Waals surface area contributed by atoms with Crippen LogP contribution < -0.4 is 11.5 Å². The SMILES string of the molecule is CC=CCl.CC=CCl.CCOC(N)=S.NC(O)=S. The molecule has 4 nitrogen and oxygen atoms in total. The Morgan fingerprint density at radius 1 is 1.17 bits per heavy atom. The first-order valence-electron chi connectivity index (χ1n) is 4.67. The average molecular weight is 335 g/mol. The number of hydrogen-bond acceptors (Lipinski definition) is 3. The molecular formula is C10H20Cl2N2O2S2. The second kappa shape index (κ2) is 29.9. The molecule has 0 aromatic carbocycles. The Morgan fingerprint density at radius 2 is 1.39 bits per heavy atom. The highest BCUT2D eigenvalue weighted by molar-refractivity contribution is 7.80. The molecule has 0 aromatic heterocycles. The first-order valence-corrected chi connectivity index (χ1v) is 6.36. The fraction of sp³-hybridized carbons (Fsp3) is 0.400. The van der Waals surface area contributed by atoms with E-state index in [2.05, 4.69) is 34.9 Å². The highest BCUT2D eigenvalue weighted by Gasteiger charge is 1.76. The number of aliphatic hydroxyl groups excluding tert-OH is 1. The van der Waals surface area contributed by atoms with Crippen molar-refractivity contribution in [2.24, 2.45) is 11.5 Å². The number of aliphatic hydroxyl groups is 1. The van der Waals surface area contributed by atoms with Crippen molar-refractivity contribution in [3.05, 3.63) is 23.2 Å². The van der Waals surface area contributed by atoms with Gasteiger partial charge in [-0.2, -0.15) is 0 Å². The predicted octanol–water partition coefficient (Wildman–Crippen LogP) is 3.57. The number of allylic oxidation sites excluding steroid dienone is 2. The summed E-state index contributed by atoms with van der Waals surface area (Å²) in [5, 5.41) is 7.19. The minimum absolute atomic E-state index is 0.123. The smallest absolute Gasteiger partial charge is 0.253 e. The van der Waals surface area contributed by atoms with Crippen LogP contribution in [0.1, 0.15) is 20.8 Å². The van der Waals surface area contributed by atoms with Crippen LogP contribution in [0.4, 0.5) is 0 Å². The van der Waals surface area contributed by atoms with Gasteiger partial charge in [-0.25, -0.2) is 0 Å². The van der Waals surface area contributed by atoms with E-state index in [1.165, 1.54) is 11.1 Å². The zero-order valence-electron chi connectivity index (χ0n) is 10.6. The average Bonchev–Trinajstić information content (AvgIpc) is 2.29. The van der Waals surface area contributed by atoms with Gasteiger partial charge in [0.2, 0.25) is 0 Å². The highest BCUT2D eigenvalue weighted by Crippen LogP contribution is 1.71. The van der Waals surface area contributed by atoms with Crippen molar-refractivity contribution in [3.63, 3.8) is 0 Å². The van der Waals surface area contributed by atoms with Crippen LogP contribution in [0.15, 0.2) is 23.2 Å². The van der Waals surface area contributed by atoms with E-state index in [1.807, 2.05) is 20.8 Å². The van der Waals surface area contributed by atoms with Crippen molar-refractivity contribution < 1.29 is 9.84 Å². The van der Waals surface area contributed by atoms with Gasteiger partial charge < -0.3 is 21.3 Å². The topological polar surface area (TPSA) is 81.5 Å². The maximum absolute atomic E-state index is 7.56. The van der Waals surface area contributed by atoms with Gasteiger partial charge in [0.25, 0.3) is 10.3 Å². The number of halogens is 2. The summed E-state index contributed by atoms with van der Waals surface area (Å²) in [5.41, 5.74) is 12.3. The van der Waals surface area contributed by atoms with E-state index >= 15 is 0 Å². The van der Waals surface area contributed by atoms with Gasteiger partial charge in [0.1, 0.15) is 0 Å². The first-order chi connectivity index (χ1) is 8.33. The number of rotatable bonds is 1. The molecule has 0 amide bonds. The summed E-state index contributed by atoms with van der Waals surface area (Å²) in [6, 6.07) is 0. The molecule has 0 aliphatic carbocycles. The van der Waals surface area contributed by atoms with Crippen molar-refractivity contribution in [3.8, 4) is 0 Å². The number of thiocarbonyl (C=S) groups is 2. The molecule has 0 unspecified atom stereocenters. The van der Waals surface area contributed by atoms with Crippen LogP contribution in [-0.2, 0) is 4.74 Å². The number of nitrogens with two attached hydrogens (primary N) is 2. The van der Waals surface area contributed by atoms with E-state index in [9.17, 15) is 0 Å². The van der Waals surface area contributed by atoms with Crippen LogP contribution in [0.25, 0.3) is 0 Å². The van der Waals surface area contributed by atoms with Gasteiger partial charge >= 0.3 is 0 Å². The molecule has 0 aromatic rings. The molecule has 0 bridgehead atoms. The third-order valence-corrected chi connectivity index (χ3v) is 1.16. The lowest BCUT2D eigenvalue weighted by molar-refractivity contribution is 0.331. The van der Waals surface area contributed by atoms with E-state index in [0.29, 0.717) is 6.61 Å². The summed E-state index contributed by atoms with van der Waals surface area (Å²) in [7, 11) is 0. The summed E-state index contributed by atoms with van der Waals surface area (Å²) in [6.45, 7) is 6.13. The maximum atomic E-state index is 7.56. The first kappa shape index (κ1) is 26.1. The molecule has 5 N–H and O–H groups in total. The standard InChI is InChI=1S/2C3H5Cl.C3H7NOS.CH3NOS/c2*1-2-3-4;1-2-5-3(4)6;2-1(3)4/h2*2-3H,1H3;2H2,1H3,(H2,4,6);(H3,2,3,4). The molecule has 0 spiro atoms. The van der Waals surface area contributed by atoms with Gasteiger partial charge in [-0.05, 0) is 56.3 Å². The summed E-state index contributed by atoms with van der Waals surface area (Å²) in [6.07, 6.45) is 3.53. The van der Waals surface area contributed by atoms with Gasteiger partial charge in [-0.15, -0.1) is 0 Å². The predicted molar refractivity (Wildman–Crippen MR) is 89.2 cm³/mol. The molecule has 0 aliphatic rings. The molecule has 8 heteroatoms. The molecule has 0 radical (unpaired) electrons. The summed E-state index contributed by atoms with van der Waals surface area (Å²) < 4.78 is 4.55. The quantitative estimate of drug-likeness (QED) is 0.636. The number of ether oxygens (including phenoxy) is 1. The van der Waals surface area contributed by atoms with Crippen LogP contribution in [-0.4, -0.2) is 22.1 Å². The van der Waals surface area contributed by atoms with E-state index in [1.54, 1.807) is 12.2 Å². The molecule has 0 fully saturated rings. The van der Waals surface area contributed by atoms with Gasteiger partial charge in [0, 0.05) is 0 Å². The van der Waals surface area contributed by atoms with E-state index in [0.717, 1.165) is 0 Å². The summed E-state index contributed by atoms with van der Waals surface area (Å²) in [5.74, 6) is 0. The van der Waals surface area contributed by atoms with Gasteiger partial charge in [-0.1, -0.05) is 35.4 Å². The monoisotopic (exact) mass is 334 g/mol. The third-order valence-electron chi connectivity index (χ3n) is 0.539. The Labute approximate surface area is 130 Å². The zero-order valence-corrected chi connectivity index (χ0v) is 13.7. The molecule has 0 saturated heterocycles. The van der Waals surface area contributed by atoms with E-state index in [-0.39, 0.29) is 5.17 Å². The fourth-order valence-corrected chi connectivity index (χ4v) is 0.260. The molecule has 0 atom stereocenters. The minimum atomic E-state index is -0.500. The highest BCUT2D eigenvalue weighted by atomic mass is 35.5. The molecule has 0 aliphatic heterocycles. The van der Waals surface area contributed by atoms with Crippen LogP contribution in [0.5, 0.6) is 0 Å². The van der Waals surface area contributed by atoms with Gasteiger partial charge in [0.15, 0.2) is 0 Å². The van der Waals surface area contributed by atoms with Crippen LogP contribution in [0, 0.1) is 0 Å². The Morgan fingerprint density at radius 3 is 1.39 bits per heavy atom. The third kappa shape index (κ3) is 163. The van der Waals surface area contributed by atoms with Crippen LogP contribution >= 0.6 is 47.6 Å². The summed E-state index contributed by atoms with van der Waals surface area (Å²) in [4.78, 5) is 0. The van der Waals surface area contributed by atoms with Crippen molar-refractivity contribution in [1.29, 1.82) is 0 Å². The summed E-state index contributed by atoms with van der Waals surface area (Å²) >= 11 is 18.2. The lowest BCUT2D eigenvalue weighted by atomic mass is 10.8. The van der Waals surface area contributed by atoms with Crippen LogP contribution in [0.3, 0.4) is 0 Å². The largest absolute Gasteiger partial charge is 0.487 e. The van der Waals surface area contributed by atoms with Crippen molar-refractivity contribution in [1.82, 2.24) is 0 Å². The van der Waals surface area contributed by atoms with Crippen molar-refractivity contribution >= 4 is 58.0 Å². The van der Waals surface area contributed by atoms with E-state index < -0.39 is 5.17 Å². The molecular weight excluding hydrogens is 315 g/mol. The van der Waals surface area contributed by atoms with Crippen LogP contribution in [0.2, 0.25) is 0 Å². The minimum Gasteiger partial charge on any atom is -0.487 e. The fourth-order valence-electron chi connectivity index (χ4n) is 0.142.